The van der Waals surface area contributed by atoms with Crippen molar-refractivity contribution in [3.8, 4) is 0 Å². The molecule has 0 heterocycles. The molecule has 0 unspecified atom stereocenters. The number of nitrogens with one attached hydrogen (secondary N) is 1. The molecule has 0 fully saturated rings. The number of halogens is 2. The average molecular weight is 446 g/mol. The van der Waals surface area contributed by atoms with Crippen LogP contribution in [-0.2, 0) is 14.8 Å². The van der Waals surface area contributed by atoms with Crippen LogP contribution in [0.3, 0.4) is 0 Å². The first-order valence-corrected chi connectivity index (χ1v) is 10.2. The van der Waals surface area contributed by atoms with E-state index in [1.807, 2.05) is 0 Å². The van der Waals surface area contributed by atoms with Crippen molar-refractivity contribution >= 4 is 50.5 Å². The van der Waals surface area contributed by atoms with E-state index in [0.717, 1.165) is 22.5 Å². The van der Waals surface area contributed by atoms with E-state index in [2.05, 4.69) is 5.32 Å². The molecule has 2 rings (SSSR count). The summed E-state index contributed by atoms with van der Waals surface area (Å²) in [5, 5.41) is 13.8. The number of carbonyl (C=O) groups is 1. The fraction of sp³-hybridized carbons (Fsp3) is 0.235. The molecule has 0 radical (unpaired) electrons. The Labute approximate surface area is 172 Å². The predicted octanol–water partition coefficient (Wildman–Crippen LogP) is 3.62. The Bertz CT molecular complexity index is 994. The summed E-state index contributed by atoms with van der Waals surface area (Å²) in [5.41, 5.74) is -0.281. The Balaban J connectivity index is 2.58. The van der Waals surface area contributed by atoms with Crippen LogP contribution in [0.5, 0.6) is 0 Å². The molecule has 1 amide bonds. The topological polar surface area (TPSA) is 110 Å². The third-order valence-corrected chi connectivity index (χ3v) is 6.05. The van der Waals surface area contributed by atoms with Crippen LogP contribution in [0, 0.1) is 10.1 Å². The lowest BCUT2D eigenvalue weighted by atomic mass is 10.3. The summed E-state index contributed by atoms with van der Waals surface area (Å²) in [7, 11) is -4.39. The first-order chi connectivity index (χ1) is 13.0. The van der Waals surface area contributed by atoms with Crippen LogP contribution < -0.4 is 9.62 Å². The van der Waals surface area contributed by atoms with E-state index in [4.69, 9.17) is 23.2 Å². The molecule has 0 saturated heterocycles. The van der Waals surface area contributed by atoms with Gasteiger partial charge in [-0.3, -0.25) is 19.2 Å². The van der Waals surface area contributed by atoms with Crippen molar-refractivity contribution in [1.29, 1.82) is 0 Å². The van der Waals surface area contributed by atoms with Crippen LogP contribution in [0.4, 0.5) is 11.4 Å². The summed E-state index contributed by atoms with van der Waals surface area (Å²) in [5.74, 6) is -0.546. The van der Waals surface area contributed by atoms with Gasteiger partial charge in [-0.1, -0.05) is 23.2 Å². The Morgan fingerprint density at radius 1 is 1.18 bits per heavy atom. The lowest BCUT2D eigenvalue weighted by molar-refractivity contribution is -0.385. The zero-order valence-corrected chi connectivity index (χ0v) is 17.3. The normalized spacial score (nSPS) is 11.3. The van der Waals surface area contributed by atoms with Gasteiger partial charge in [-0.25, -0.2) is 8.42 Å². The van der Waals surface area contributed by atoms with Crippen LogP contribution >= 0.6 is 23.2 Å². The number of carbonyl (C=O) groups excluding carboxylic acids is 1. The average Bonchev–Trinajstić information content (AvgIpc) is 2.60. The molecule has 0 aliphatic heterocycles. The molecule has 2 aromatic carbocycles. The second kappa shape index (κ2) is 8.76. The van der Waals surface area contributed by atoms with Crippen molar-refractivity contribution in [2.24, 2.45) is 0 Å². The zero-order valence-electron chi connectivity index (χ0n) is 14.9. The summed E-state index contributed by atoms with van der Waals surface area (Å²) in [6.45, 7) is 2.92. The molecule has 150 valence electrons. The number of hydrogen-bond donors (Lipinski definition) is 1. The molecular formula is C17H17Cl2N3O5S. The van der Waals surface area contributed by atoms with Gasteiger partial charge in [-0.2, -0.15) is 0 Å². The molecule has 0 aliphatic rings. The van der Waals surface area contributed by atoms with E-state index in [1.165, 1.54) is 24.3 Å². The van der Waals surface area contributed by atoms with Gasteiger partial charge >= 0.3 is 0 Å². The van der Waals surface area contributed by atoms with Crippen LogP contribution in [-0.4, -0.2) is 31.8 Å². The monoisotopic (exact) mass is 445 g/mol. The van der Waals surface area contributed by atoms with Crippen molar-refractivity contribution in [2.45, 2.75) is 24.8 Å². The first kappa shape index (κ1) is 21.9. The molecule has 0 aliphatic carbocycles. The molecule has 2 aromatic rings. The van der Waals surface area contributed by atoms with E-state index >= 15 is 0 Å². The standard InChI is InChI=1S/C17H17Cl2N3O5S/c1-11(2)20-17(23)10-21(13-5-3-12(18)4-6-13)28(26,27)16-9-14(22(24)25)7-8-15(16)19/h3-9,11H,10H2,1-2H3,(H,20,23). The van der Waals surface area contributed by atoms with Crippen LogP contribution in [0.1, 0.15) is 13.8 Å². The second-order valence-corrected chi connectivity index (χ2v) is 8.76. The molecular weight excluding hydrogens is 429 g/mol. The van der Waals surface area contributed by atoms with Gasteiger partial charge in [0.2, 0.25) is 5.91 Å². The molecule has 0 aromatic heterocycles. The van der Waals surface area contributed by atoms with Gasteiger partial charge in [0.25, 0.3) is 15.7 Å². The van der Waals surface area contributed by atoms with Gasteiger partial charge in [0.15, 0.2) is 0 Å². The molecule has 0 bridgehead atoms. The van der Waals surface area contributed by atoms with Crippen molar-refractivity contribution in [2.75, 3.05) is 10.8 Å². The summed E-state index contributed by atoms with van der Waals surface area (Å²) in [6, 6.07) is 8.66. The second-order valence-electron chi connectivity index (χ2n) is 6.08. The number of nitro groups is 1. The van der Waals surface area contributed by atoms with Gasteiger partial charge < -0.3 is 5.32 Å². The number of nitro benzene ring substituents is 1. The summed E-state index contributed by atoms with van der Waals surface area (Å²) in [6.07, 6.45) is 0. The van der Waals surface area contributed by atoms with Crippen molar-refractivity contribution in [3.05, 3.63) is 62.6 Å². The minimum absolute atomic E-state index is 0.158. The number of benzene rings is 2. The molecule has 0 saturated carbocycles. The van der Waals surface area contributed by atoms with Crippen molar-refractivity contribution in [3.63, 3.8) is 0 Å². The zero-order chi connectivity index (χ0) is 21.1. The third-order valence-electron chi connectivity index (χ3n) is 3.55. The highest BCUT2D eigenvalue weighted by atomic mass is 35.5. The van der Waals surface area contributed by atoms with Gasteiger partial charge in [0.1, 0.15) is 11.4 Å². The highest BCUT2D eigenvalue weighted by Crippen LogP contribution is 2.31. The number of rotatable bonds is 7. The molecule has 8 nitrogen and oxygen atoms in total. The summed E-state index contributed by atoms with van der Waals surface area (Å²) >= 11 is 11.9. The highest BCUT2D eigenvalue weighted by molar-refractivity contribution is 7.93. The molecule has 28 heavy (non-hydrogen) atoms. The van der Waals surface area contributed by atoms with Gasteiger partial charge in [-0.05, 0) is 44.2 Å². The number of non-ortho nitro benzene ring substituents is 1. The number of hydrogen-bond acceptors (Lipinski definition) is 5. The van der Waals surface area contributed by atoms with E-state index in [0.29, 0.717) is 5.02 Å². The SMILES string of the molecule is CC(C)NC(=O)CN(c1ccc(Cl)cc1)S(=O)(=O)c1cc([N+](=O)[O-])ccc1Cl. The van der Waals surface area contributed by atoms with Gasteiger partial charge in [0.05, 0.1) is 15.6 Å². The molecule has 0 spiro atoms. The quantitative estimate of drug-likeness (QED) is 0.516. The fourth-order valence-corrected chi connectivity index (χ4v) is 4.39. The Morgan fingerprint density at radius 2 is 1.79 bits per heavy atom. The Morgan fingerprint density at radius 3 is 2.32 bits per heavy atom. The first-order valence-electron chi connectivity index (χ1n) is 8.04. The third kappa shape index (κ3) is 5.12. The summed E-state index contributed by atoms with van der Waals surface area (Å²) < 4.78 is 27.3. The molecule has 1 N–H and O–H groups in total. The number of anilines is 1. The van der Waals surface area contributed by atoms with Crippen molar-refractivity contribution < 1.29 is 18.1 Å². The minimum Gasteiger partial charge on any atom is -0.352 e. The van der Waals surface area contributed by atoms with Gasteiger partial charge in [-0.15, -0.1) is 0 Å². The maximum absolute atomic E-state index is 13.2. The predicted molar refractivity (Wildman–Crippen MR) is 107 cm³/mol. The largest absolute Gasteiger partial charge is 0.352 e. The maximum atomic E-state index is 13.2. The number of nitrogens with zero attached hydrogens (tertiary/aromatic N) is 2. The molecule has 11 heteroatoms. The van der Waals surface area contributed by atoms with Crippen LogP contribution in [0.25, 0.3) is 0 Å². The van der Waals surface area contributed by atoms with E-state index in [1.54, 1.807) is 13.8 Å². The number of sulfonamides is 1. The van der Waals surface area contributed by atoms with E-state index in [9.17, 15) is 23.3 Å². The minimum atomic E-state index is -4.39. The fourth-order valence-electron chi connectivity index (χ4n) is 2.34. The van der Waals surface area contributed by atoms with E-state index in [-0.39, 0.29) is 16.8 Å². The van der Waals surface area contributed by atoms with Crippen LogP contribution in [0.15, 0.2) is 47.4 Å². The van der Waals surface area contributed by atoms with Crippen molar-refractivity contribution in [1.82, 2.24) is 5.32 Å². The van der Waals surface area contributed by atoms with E-state index < -0.39 is 38.0 Å². The molecule has 0 atom stereocenters. The number of amides is 1. The lowest BCUT2D eigenvalue weighted by Crippen LogP contribution is -2.43. The van der Waals surface area contributed by atoms with Gasteiger partial charge in [0, 0.05) is 23.2 Å². The smallest absolute Gasteiger partial charge is 0.270 e. The lowest BCUT2D eigenvalue weighted by Gasteiger charge is -2.25. The van der Waals surface area contributed by atoms with Crippen LogP contribution in [0.2, 0.25) is 10.0 Å². The summed E-state index contributed by atoms with van der Waals surface area (Å²) in [4.78, 5) is 22.1. The highest BCUT2D eigenvalue weighted by Gasteiger charge is 2.31. The Hall–Kier alpha value is -2.36. The Kier molecular flexibility index (Phi) is 6.87. The maximum Gasteiger partial charge on any atom is 0.270 e.